The molecule has 1 aliphatic heterocycles. The second-order valence-corrected chi connectivity index (χ2v) is 11.5. The molecule has 0 bridgehead atoms. The van der Waals surface area contributed by atoms with Gasteiger partial charge in [-0.15, -0.1) is 0 Å². The predicted molar refractivity (Wildman–Crippen MR) is 125 cm³/mol. The van der Waals surface area contributed by atoms with Crippen molar-refractivity contribution in [2.24, 2.45) is 7.05 Å². The average Bonchev–Trinajstić information content (AvgIpc) is 3.42. The maximum Gasteiger partial charge on any atom is 0.262 e. The number of aryl methyl sites for hydroxylation is 1. The number of nitrogens with zero attached hydrogens (tertiary/aromatic N) is 4. The zero-order chi connectivity index (χ0) is 22.9. The van der Waals surface area contributed by atoms with Crippen molar-refractivity contribution < 1.29 is 13.2 Å². The number of hydrogen-bond acceptors (Lipinski definition) is 5. The standard InChI is InChI=1S/C22H28Cl2N4O3S/c1-26-15-21(25-16-26)32(30,31)28-12-10-27(11-13-28)22(7-2-3-8-22)9-6-20(29)18-5-4-17(23)14-19(18)24/h4-5,14-16H,2-3,6-13H2,1H3. The summed E-state index contributed by atoms with van der Waals surface area (Å²) in [5.41, 5.74) is 0.450. The lowest BCUT2D eigenvalue weighted by atomic mass is 9.87. The van der Waals surface area contributed by atoms with Crippen LogP contribution in [0.15, 0.2) is 35.7 Å². The first-order chi connectivity index (χ1) is 15.2. The van der Waals surface area contributed by atoms with E-state index in [-0.39, 0.29) is 16.3 Å². The molecule has 1 saturated carbocycles. The molecule has 0 spiro atoms. The Balaban J connectivity index is 1.41. The summed E-state index contributed by atoms with van der Waals surface area (Å²) in [5, 5.41) is 0.989. The van der Waals surface area contributed by atoms with Crippen LogP contribution in [0.3, 0.4) is 0 Å². The summed E-state index contributed by atoms with van der Waals surface area (Å²) in [6, 6.07) is 4.98. The van der Waals surface area contributed by atoms with Gasteiger partial charge < -0.3 is 4.57 Å². The van der Waals surface area contributed by atoms with Crippen molar-refractivity contribution in [3.05, 3.63) is 46.3 Å². The first-order valence-corrected chi connectivity index (χ1v) is 13.1. The molecule has 174 valence electrons. The lowest BCUT2D eigenvalue weighted by Crippen LogP contribution is -2.57. The normalized spacial score (nSPS) is 20.0. The molecule has 0 amide bonds. The fraction of sp³-hybridized carbons (Fsp3) is 0.545. The van der Waals surface area contributed by atoms with Gasteiger partial charge in [0.1, 0.15) is 0 Å². The SMILES string of the molecule is Cn1cnc(S(=O)(=O)N2CCN(C3(CCC(=O)c4ccc(Cl)cc4Cl)CCCC3)CC2)c1. The number of hydrogen-bond donors (Lipinski definition) is 0. The first kappa shape index (κ1) is 23.7. The molecule has 0 unspecified atom stereocenters. The van der Waals surface area contributed by atoms with Gasteiger partial charge in [0.05, 0.1) is 11.3 Å². The zero-order valence-electron chi connectivity index (χ0n) is 18.1. The monoisotopic (exact) mass is 498 g/mol. The Morgan fingerprint density at radius 3 is 2.41 bits per heavy atom. The van der Waals surface area contributed by atoms with E-state index in [2.05, 4.69) is 9.88 Å². The lowest BCUT2D eigenvalue weighted by molar-refractivity contribution is 0.0476. The quantitative estimate of drug-likeness (QED) is 0.539. The van der Waals surface area contributed by atoms with Gasteiger partial charge in [0.2, 0.25) is 0 Å². The van der Waals surface area contributed by atoms with Crippen LogP contribution < -0.4 is 0 Å². The predicted octanol–water partition coefficient (Wildman–Crippen LogP) is 4.01. The molecule has 2 fully saturated rings. The van der Waals surface area contributed by atoms with E-state index < -0.39 is 10.0 Å². The molecule has 0 atom stereocenters. The van der Waals surface area contributed by atoms with Crippen molar-refractivity contribution in [1.29, 1.82) is 0 Å². The Hall–Kier alpha value is -1.45. The van der Waals surface area contributed by atoms with E-state index >= 15 is 0 Å². The van der Waals surface area contributed by atoms with Crippen LogP contribution in [-0.2, 0) is 17.1 Å². The summed E-state index contributed by atoms with van der Waals surface area (Å²) in [7, 11) is -1.83. The van der Waals surface area contributed by atoms with Gasteiger partial charge in [-0.2, -0.15) is 4.31 Å². The third-order valence-electron chi connectivity index (χ3n) is 6.78. The Bertz CT molecular complexity index is 1090. The molecule has 1 saturated heterocycles. The van der Waals surface area contributed by atoms with Crippen LogP contribution in [-0.4, -0.2) is 64.7 Å². The number of aromatic nitrogens is 2. The zero-order valence-corrected chi connectivity index (χ0v) is 20.5. The average molecular weight is 499 g/mol. The van der Waals surface area contributed by atoms with Crippen LogP contribution in [0.4, 0.5) is 0 Å². The molecule has 32 heavy (non-hydrogen) atoms. The fourth-order valence-electron chi connectivity index (χ4n) is 5.01. The molecule has 4 rings (SSSR count). The van der Waals surface area contributed by atoms with E-state index in [4.69, 9.17) is 23.2 Å². The Kier molecular flexibility index (Phi) is 6.98. The van der Waals surface area contributed by atoms with Gasteiger partial charge in [-0.05, 0) is 37.5 Å². The smallest absolute Gasteiger partial charge is 0.262 e. The van der Waals surface area contributed by atoms with E-state index in [1.807, 2.05) is 0 Å². The summed E-state index contributed by atoms with van der Waals surface area (Å²) in [4.78, 5) is 19.3. The lowest BCUT2D eigenvalue weighted by Gasteiger charge is -2.45. The highest BCUT2D eigenvalue weighted by atomic mass is 35.5. The van der Waals surface area contributed by atoms with Gasteiger partial charge in [0.25, 0.3) is 10.0 Å². The van der Waals surface area contributed by atoms with Gasteiger partial charge in [0.15, 0.2) is 10.8 Å². The Labute approximate surface area is 199 Å². The summed E-state index contributed by atoms with van der Waals surface area (Å²) >= 11 is 12.2. The Morgan fingerprint density at radius 1 is 1.12 bits per heavy atom. The molecule has 2 aromatic rings. The van der Waals surface area contributed by atoms with Crippen LogP contribution in [0, 0.1) is 0 Å². The minimum absolute atomic E-state index is 0.0225. The van der Waals surface area contributed by atoms with Crippen LogP contribution >= 0.6 is 23.2 Å². The highest BCUT2D eigenvalue weighted by molar-refractivity contribution is 7.89. The number of ketones is 1. The van der Waals surface area contributed by atoms with Crippen LogP contribution in [0.5, 0.6) is 0 Å². The molecule has 0 radical (unpaired) electrons. The molecule has 0 N–H and O–H groups in total. The molecule has 10 heteroatoms. The van der Waals surface area contributed by atoms with Crippen LogP contribution in [0.25, 0.3) is 0 Å². The highest BCUT2D eigenvalue weighted by Gasteiger charge is 2.42. The van der Waals surface area contributed by atoms with E-state index in [0.29, 0.717) is 48.2 Å². The highest BCUT2D eigenvalue weighted by Crippen LogP contribution is 2.40. The van der Waals surface area contributed by atoms with E-state index in [1.165, 1.54) is 16.8 Å². The Morgan fingerprint density at radius 2 is 1.81 bits per heavy atom. The van der Waals surface area contributed by atoms with Crippen molar-refractivity contribution in [2.45, 2.75) is 49.1 Å². The van der Waals surface area contributed by atoms with Crippen molar-refractivity contribution in [3.8, 4) is 0 Å². The topological polar surface area (TPSA) is 75.5 Å². The number of imidazole rings is 1. The number of rotatable bonds is 7. The second kappa shape index (κ2) is 9.43. The number of carbonyl (C=O) groups is 1. The third kappa shape index (κ3) is 4.75. The van der Waals surface area contributed by atoms with Crippen molar-refractivity contribution in [2.75, 3.05) is 26.2 Å². The number of carbonyl (C=O) groups excluding carboxylic acids is 1. The first-order valence-electron chi connectivity index (χ1n) is 10.9. The fourth-order valence-corrected chi connectivity index (χ4v) is 6.91. The third-order valence-corrected chi connectivity index (χ3v) is 9.11. The largest absolute Gasteiger partial charge is 0.339 e. The summed E-state index contributed by atoms with van der Waals surface area (Å²) in [6.07, 6.45) is 8.51. The second-order valence-electron chi connectivity index (χ2n) is 8.75. The van der Waals surface area contributed by atoms with Gasteiger partial charge in [-0.25, -0.2) is 13.4 Å². The molecular formula is C22H28Cl2N4O3S. The summed E-state index contributed by atoms with van der Waals surface area (Å²) < 4.78 is 29.0. The number of Topliss-reactive ketones (excluding diaryl/α,β-unsaturated/α-hetero) is 1. The number of piperazine rings is 1. The molecule has 2 heterocycles. The summed E-state index contributed by atoms with van der Waals surface area (Å²) in [6.45, 7) is 2.17. The maximum atomic E-state index is 12.9. The molecule has 1 aromatic heterocycles. The van der Waals surface area contributed by atoms with Gasteiger partial charge >= 0.3 is 0 Å². The minimum Gasteiger partial charge on any atom is -0.339 e. The maximum absolute atomic E-state index is 12.9. The molecule has 1 aromatic carbocycles. The molecule has 7 nitrogen and oxygen atoms in total. The van der Waals surface area contributed by atoms with Gasteiger partial charge in [-0.1, -0.05) is 36.0 Å². The number of sulfonamides is 1. The van der Waals surface area contributed by atoms with Gasteiger partial charge in [0, 0.05) is 62.0 Å². The number of benzene rings is 1. The van der Waals surface area contributed by atoms with Crippen molar-refractivity contribution in [3.63, 3.8) is 0 Å². The molecule has 2 aliphatic rings. The van der Waals surface area contributed by atoms with Crippen LogP contribution in [0.2, 0.25) is 10.0 Å². The van der Waals surface area contributed by atoms with E-state index in [9.17, 15) is 13.2 Å². The molecular weight excluding hydrogens is 471 g/mol. The van der Waals surface area contributed by atoms with Crippen molar-refractivity contribution >= 4 is 39.0 Å². The van der Waals surface area contributed by atoms with Gasteiger partial charge in [-0.3, -0.25) is 9.69 Å². The number of halogens is 2. The summed E-state index contributed by atoms with van der Waals surface area (Å²) in [5.74, 6) is 0.0225. The van der Waals surface area contributed by atoms with E-state index in [1.54, 1.807) is 29.8 Å². The minimum atomic E-state index is -3.58. The van der Waals surface area contributed by atoms with Crippen molar-refractivity contribution in [1.82, 2.24) is 18.8 Å². The van der Waals surface area contributed by atoms with Crippen LogP contribution in [0.1, 0.15) is 48.9 Å². The molecule has 1 aliphatic carbocycles. The van der Waals surface area contributed by atoms with E-state index in [0.717, 1.165) is 32.1 Å².